The van der Waals surface area contributed by atoms with Crippen molar-refractivity contribution in [3.63, 3.8) is 0 Å². The van der Waals surface area contributed by atoms with Crippen LogP contribution in [0.1, 0.15) is 5.56 Å². The Morgan fingerprint density at radius 1 is 1.09 bits per heavy atom. The van der Waals surface area contributed by atoms with Crippen molar-refractivity contribution in [3.05, 3.63) is 47.1 Å². The molecule has 11 heteroatoms. The highest BCUT2D eigenvalue weighted by Crippen LogP contribution is 2.24. The van der Waals surface area contributed by atoms with E-state index in [1.54, 1.807) is 37.4 Å². The molecule has 1 aromatic heterocycles. The summed E-state index contributed by atoms with van der Waals surface area (Å²) in [6.45, 7) is 3.83. The lowest BCUT2D eigenvalue weighted by Gasteiger charge is -2.35. The van der Waals surface area contributed by atoms with E-state index < -0.39 is 10.0 Å². The number of ether oxygens (including phenoxy) is 2. The number of aromatic nitrogens is 1. The second kappa shape index (κ2) is 10.3. The van der Waals surface area contributed by atoms with Gasteiger partial charge in [0.1, 0.15) is 16.5 Å². The number of rotatable bonds is 6. The van der Waals surface area contributed by atoms with Gasteiger partial charge in [-0.3, -0.25) is 4.79 Å². The standard InChI is InChI=1S/C22H27ClN4O5S/c1-31-20-4-2-18(23)14-17(20)15-22(28)26-8-6-25(7-9-26)21-5-3-19(16-24-21)33(29,30)27-10-12-32-13-11-27/h2-5,14,16H,6-13,15H2,1H3. The number of amides is 1. The Labute approximate surface area is 198 Å². The third-order valence-electron chi connectivity index (χ3n) is 5.87. The largest absolute Gasteiger partial charge is 0.496 e. The molecular formula is C22H27ClN4O5S. The molecule has 0 aliphatic carbocycles. The number of carbonyl (C=O) groups is 1. The number of hydrogen-bond acceptors (Lipinski definition) is 7. The molecule has 178 valence electrons. The molecule has 33 heavy (non-hydrogen) atoms. The molecule has 2 saturated heterocycles. The first kappa shape index (κ1) is 23.7. The van der Waals surface area contributed by atoms with Gasteiger partial charge in [-0.05, 0) is 30.3 Å². The van der Waals surface area contributed by atoms with Crippen LogP contribution in [-0.4, -0.2) is 88.1 Å². The highest BCUT2D eigenvalue weighted by molar-refractivity contribution is 7.89. The number of carbonyl (C=O) groups excluding carboxylic acids is 1. The van der Waals surface area contributed by atoms with Crippen molar-refractivity contribution in [2.45, 2.75) is 11.3 Å². The second-order valence-electron chi connectivity index (χ2n) is 7.87. The van der Waals surface area contributed by atoms with Crippen LogP contribution in [0, 0.1) is 0 Å². The molecule has 0 bridgehead atoms. The molecule has 2 fully saturated rings. The zero-order chi connectivity index (χ0) is 23.4. The third-order valence-corrected chi connectivity index (χ3v) is 7.99. The molecular weight excluding hydrogens is 468 g/mol. The molecule has 2 aromatic rings. The normalized spacial score (nSPS) is 17.8. The van der Waals surface area contributed by atoms with E-state index in [0.717, 1.165) is 5.56 Å². The van der Waals surface area contributed by atoms with E-state index in [9.17, 15) is 13.2 Å². The molecule has 0 atom stereocenters. The van der Waals surface area contributed by atoms with Crippen LogP contribution < -0.4 is 9.64 Å². The number of halogens is 1. The summed E-state index contributed by atoms with van der Waals surface area (Å²) in [4.78, 5) is 21.2. The molecule has 0 N–H and O–H groups in total. The maximum absolute atomic E-state index is 12.8. The zero-order valence-corrected chi connectivity index (χ0v) is 20.0. The quantitative estimate of drug-likeness (QED) is 0.603. The van der Waals surface area contributed by atoms with Gasteiger partial charge in [0, 0.05) is 56.1 Å². The number of morpholine rings is 1. The van der Waals surface area contributed by atoms with Crippen molar-refractivity contribution in [2.24, 2.45) is 0 Å². The minimum absolute atomic E-state index is 0.00938. The van der Waals surface area contributed by atoms with Crippen LogP contribution in [0.15, 0.2) is 41.4 Å². The SMILES string of the molecule is COc1ccc(Cl)cc1CC(=O)N1CCN(c2ccc(S(=O)(=O)N3CCOCC3)cn2)CC1. The Bertz CT molecular complexity index is 1080. The van der Waals surface area contributed by atoms with Gasteiger partial charge in [0.05, 0.1) is 26.7 Å². The summed E-state index contributed by atoms with van der Waals surface area (Å²) in [5.41, 5.74) is 0.760. The average Bonchev–Trinajstić information content (AvgIpc) is 2.85. The summed E-state index contributed by atoms with van der Waals surface area (Å²) in [6, 6.07) is 8.57. The Balaban J connectivity index is 1.35. The highest BCUT2D eigenvalue weighted by atomic mass is 35.5. The van der Waals surface area contributed by atoms with Crippen molar-refractivity contribution >= 4 is 33.3 Å². The molecule has 1 aromatic carbocycles. The van der Waals surface area contributed by atoms with E-state index >= 15 is 0 Å². The molecule has 0 radical (unpaired) electrons. The number of hydrogen-bond donors (Lipinski definition) is 0. The number of methoxy groups -OCH3 is 1. The zero-order valence-electron chi connectivity index (χ0n) is 18.4. The number of pyridine rings is 1. The number of anilines is 1. The first-order valence-corrected chi connectivity index (χ1v) is 12.6. The van der Waals surface area contributed by atoms with Crippen LogP contribution in [0.25, 0.3) is 0 Å². The number of piperazine rings is 1. The van der Waals surface area contributed by atoms with E-state index in [1.165, 1.54) is 10.5 Å². The Hall–Kier alpha value is -2.40. The van der Waals surface area contributed by atoms with Gasteiger partial charge in [-0.2, -0.15) is 4.31 Å². The van der Waals surface area contributed by atoms with Crippen LogP contribution in [0.2, 0.25) is 5.02 Å². The van der Waals surface area contributed by atoms with Gasteiger partial charge in [-0.25, -0.2) is 13.4 Å². The Morgan fingerprint density at radius 2 is 1.82 bits per heavy atom. The number of benzene rings is 1. The first-order valence-electron chi connectivity index (χ1n) is 10.8. The van der Waals surface area contributed by atoms with E-state index in [0.29, 0.717) is 69.1 Å². The molecule has 2 aliphatic heterocycles. The lowest BCUT2D eigenvalue weighted by Crippen LogP contribution is -2.49. The van der Waals surface area contributed by atoms with Gasteiger partial charge in [0.15, 0.2) is 0 Å². The van der Waals surface area contributed by atoms with E-state index in [4.69, 9.17) is 21.1 Å². The summed E-state index contributed by atoms with van der Waals surface area (Å²) in [6.07, 6.45) is 1.62. The Morgan fingerprint density at radius 3 is 2.45 bits per heavy atom. The van der Waals surface area contributed by atoms with Crippen LogP contribution in [0.5, 0.6) is 5.75 Å². The monoisotopic (exact) mass is 494 g/mol. The van der Waals surface area contributed by atoms with Crippen LogP contribution in [-0.2, 0) is 26.0 Å². The molecule has 1 amide bonds. The van der Waals surface area contributed by atoms with Gasteiger partial charge in [-0.15, -0.1) is 0 Å². The number of nitrogens with zero attached hydrogens (tertiary/aromatic N) is 4. The summed E-state index contributed by atoms with van der Waals surface area (Å²) in [5, 5.41) is 0.563. The fraction of sp³-hybridized carbons (Fsp3) is 0.455. The van der Waals surface area contributed by atoms with Gasteiger partial charge >= 0.3 is 0 Å². The van der Waals surface area contributed by atoms with Crippen molar-refractivity contribution < 1.29 is 22.7 Å². The third kappa shape index (κ3) is 5.40. The molecule has 0 saturated carbocycles. The predicted molar refractivity (Wildman–Crippen MR) is 124 cm³/mol. The fourth-order valence-electron chi connectivity index (χ4n) is 3.99. The molecule has 2 aliphatic rings. The van der Waals surface area contributed by atoms with Crippen LogP contribution in [0.3, 0.4) is 0 Å². The van der Waals surface area contributed by atoms with E-state index in [-0.39, 0.29) is 17.2 Å². The predicted octanol–water partition coefficient (Wildman–Crippen LogP) is 1.66. The molecule has 0 unspecified atom stereocenters. The van der Waals surface area contributed by atoms with Crippen molar-refractivity contribution in [1.29, 1.82) is 0 Å². The highest BCUT2D eigenvalue weighted by Gasteiger charge is 2.27. The first-order chi connectivity index (χ1) is 15.9. The molecule has 3 heterocycles. The van der Waals surface area contributed by atoms with Gasteiger partial charge in [-0.1, -0.05) is 11.6 Å². The average molecular weight is 495 g/mol. The van der Waals surface area contributed by atoms with Gasteiger partial charge in [0.25, 0.3) is 0 Å². The van der Waals surface area contributed by atoms with Crippen molar-refractivity contribution in [2.75, 3.05) is 64.5 Å². The lowest BCUT2D eigenvalue weighted by atomic mass is 10.1. The molecule has 9 nitrogen and oxygen atoms in total. The summed E-state index contributed by atoms with van der Waals surface area (Å²) in [7, 11) is -2.00. The second-order valence-corrected chi connectivity index (χ2v) is 10.2. The number of sulfonamides is 1. The van der Waals surface area contributed by atoms with Gasteiger partial charge in [0.2, 0.25) is 15.9 Å². The minimum atomic E-state index is -3.57. The maximum Gasteiger partial charge on any atom is 0.244 e. The van der Waals surface area contributed by atoms with Crippen molar-refractivity contribution in [3.8, 4) is 5.75 Å². The summed E-state index contributed by atoms with van der Waals surface area (Å²) in [5.74, 6) is 1.34. The van der Waals surface area contributed by atoms with Crippen LogP contribution >= 0.6 is 11.6 Å². The minimum Gasteiger partial charge on any atom is -0.496 e. The maximum atomic E-state index is 12.8. The topological polar surface area (TPSA) is 92.3 Å². The van der Waals surface area contributed by atoms with Crippen molar-refractivity contribution in [1.82, 2.24) is 14.2 Å². The lowest BCUT2D eigenvalue weighted by molar-refractivity contribution is -0.130. The Kier molecular flexibility index (Phi) is 7.38. The molecule has 0 spiro atoms. The summed E-state index contributed by atoms with van der Waals surface area (Å²) < 4.78 is 37.5. The smallest absolute Gasteiger partial charge is 0.244 e. The fourth-order valence-corrected chi connectivity index (χ4v) is 5.54. The molecule has 4 rings (SSSR count). The van der Waals surface area contributed by atoms with E-state index in [2.05, 4.69) is 9.88 Å². The summed E-state index contributed by atoms with van der Waals surface area (Å²) >= 11 is 6.07. The van der Waals surface area contributed by atoms with Crippen LogP contribution in [0.4, 0.5) is 5.82 Å². The van der Waals surface area contributed by atoms with E-state index in [1.807, 2.05) is 4.90 Å². The van der Waals surface area contributed by atoms with Gasteiger partial charge < -0.3 is 19.3 Å².